The third-order valence-corrected chi connectivity index (χ3v) is 4.59. The molecule has 2 nitrogen and oxygen atoms in total. The largest absolute Gasteiger partial charge is 0.349 e. The fourth-order valence-corrected chi connectivity index (χ4v) is 3.05. The molecular formula is C12H17ClINOS. The Kier molecular flexibility index (Phi) is 5.73. The van der Waals surface area contributed by atoms with Crippen molar-refractivity contribution in [2.45, 2.75) is 33.2 Å². The monoisotopic (exact) mass is 385 g/mol. The highest BCUT2D eigenvalue weighted by atomic mass is 127. The first-order chi connectivity index (χ1) is 7.84. The highest BCUT2D eigenvalue weighted by molar-refractivity contribution is 14.1. The fraction of sp³-hybridized carbons (Fsp3) is 0.583. The van der Waals surface area contributed by atoms with Gasteiger partial charge >= 0.3 is 0 Å². The minimum Gasteiger partial charge on any atom is -0.349 e. The van der Waals surface area contributed by atoms with Crippen LogP contribution in [0.4, 0.5) is 0 Å². The van der Waals surface area contributed by atoms with E-state index in [2.05, 4.69) is 48.7 Å². The van der Waals surface area contributed by atoms with Gasteiger partial charge in [0.1, 0.15) is 0 Å². The van der Waals surface area contributed by atoms with E-state index in [0.717, 1.165) is 14.9 Å². The number of halogens is 2. The Morgan fingerprint density at radius 3 is 2.65 bits per heavy atom. The number of carbonyl (C=O) groups excluding carboxylic acids is 1. The molecule has 0 saturated heterocycles. The number of carbonyl (C=O) groups is 1. The van der Waals surface area contributed by atoms with Crippen molar-refractivity contribution >= 4 is 51.4 Å². The predicted octanol–water partition coefficient (Wildman–Crippen LogP) is 4.13. The van der Waals surface area contributed by atoms with Crippen molar-refractivity contribution in [2.24, 2.45) is 5.41 Å². The SMILES string of the molecule is CC(C)(C)C(CCCl)NC(=O)c1csc(I)c1. The Morgan fingerprint density at radius 2 is 2.24 bits per heavy atom. The van der Waals surface area contributed by atoms with E-state index in [4.69, 9.17) is 11.6 Å². The third-order valence-electron chi connectivity index (χ3n) is 2.58. The molecule has 0 aliphatic rings. The normalized spacial score (nSPS) is 13.5. The van der Waals surface area contributed by atoms with E-state index in [9.17, 15) is 4.79 Å². The molecule has 0 aromatic carbocycles. The van der Waals surface area contributed by atoms with E-state index in [1.54, 1.807) is 11.3 Å². The molecule has 96 valence electrons. The number of rotatable bonds is 4. The van der Waals surface area contributed by atoms with Crippen molar-refractivity contribution in [2.75, 3.05) is 5.88 Å². The van der Waals surface area contributed by atoms with Crippen LogP contribution in [0.1, 0.15) is 37.6 Å². The van der Waals surface area contributed by atoms with E-state index >= 15 is 0 Å². The summed E-state index contributed by atoms with van der Waals surface area (Å²) < 4.78 is 1.12. The van der Waals surface area contributed by atoms with Crippen molar-refractivity contribution in [3.63, 3.8) is 0 Å². The maximum Gasteiger partial charge on any atom is 0.252 e. The maximum absolute atomic E-state index is 12.0. The van der Waals surface area contributed by atoms with Crippen molar-refractivity contribution in [3.05, 3.63) is 19.9 Å². The first kappa shape index (κ1) is 15.2. The summed E-state index contributed by atoms with van der Waals surface area (Å²) in [5.41, 5.74) is 0.761. The molecule has 1 amide bonds. The van der Waals surface area contributed by atoms with E-state index in [1.807, 2.05) is 11.4 Å². The summed E-state index contributed by atoms with van der Waals surface area (Å²) in [5, 5.41) is 4.95. The van der Waals surface area contributed by atoms with Gasteiger partial charge in [0.2, 0.25) is 0 Å². The van der Waals surface area contributed by atoms with Gasteiger partial charge in [-0.3, -0.25) is 4.79 Å². The molecule has 5 heteroatoms. The number of amides is 1. The molecule has 1 rings (SSSR count). The van der Waals surface area contributed by atoms with Crippen LogP contribution >= 0.6 is 45.5 Å². The Balaban J connectivity index is 2.71. The Hall–Kier alpha value is 0.190. The molecule has 0 saturated carbocycles. The molecule has 0 spiro atoms. The number of hydrogen-bond donors (Lipinski definition) is 1. The van der Waals surface area contributed by atoms with Crippen LogP contribution in [0.5, 0.6) is 0 Å². The summed E-state index contributed by atoms with van der Waals surface area (Å²) >= 11 is 9.58. The maximum atomic E-state index is 12.0. The third kappa shape index (κ3) is 4.75. The summed E-state index contributed by atoms with van der Waals surface area (Å²) in [4.78, 5) is 12.0. The number of thiophene rings is 1. The van der Waals surface area contributed by atoms with Crippen molar-refractivity contribution in [3.8, 4) is 0 Å². The van der Waals surface area contributed by atoms with E-state index in [-0.39, 0.29) is 17.4 Å². The Morgan fingerprint density at radius 1 is 1.59 bits per heavy atom. The second-order valence-corrected chi connectivity index (χ2v) is 8.19. The summed E-state index contributed by atoms with van der Waals surface area (Å²) in [6.45, 7) is 6.34. The molecule has 0 aliphatic heterocycles. The lowest BCUT2D eigenvalue weighted by Gasteiger charge is -2.31. The van der Waals surface area contributed by atoms with E-state index < -0.39 is 0 Å². The molecule has 0 radical (unpaired) electrons. The van der Waals surface area contributed by atoms with Crippen LogP contribution in [0, 0.1) is 8.30 Å². The van der Waals surface area contributed by atoms with Gasteiger partial charge in [-0.05, 0) is 40.5 Å². The Bertz CT molecular complexity index is 386. The van der Waals surface area contributed by atoms with Gasteiger partial charge in [0.15, 0.2) is 0 Å². The average molecular weight is 386 g/mol. The lowest BCUT2D eigenvalue weighted by molar-refractivity contribution is 0.0901. The molecule has 17 heavy (non-hydrogen) atoms. The molecule has 1 atom stereocenters. The zero-order valence-corrected chi connectivity index (χ0v) is 13.9. The Labute approximate surface area is 125 Å². The van der Waals surface area contributed by atoms with Crippen molar-refractivity contribution in [1.29, 1.82) is 0 Å². The molecule has 0 fully saturated rings. The van der Waals surface area contributed by atoms with Crippen LogP contribution in [0.15, 0.2) is 11.4 Å². The molecule has 1 N–H and O–H groups in total. The number of alkyl halides is 1. The number of nitrogens with one attached hydrogen (secondary N) is 1. The van der Waals surface area contributed by atoms with E-state index in [1.165, 1.54) is 0 Å². The summed E-state index contributed by atoms with van der Waals surface area (Å²) in [7, 11) is 0. The lowest BCUT2D eigenvalue weighted by atomic mass is 9.85. The van der Waals surface area contributed by atoms with Gasteiger partial charge in [-0.25, -0.2) is 0 Å². The highest BCUT2D eigenvalue weighted by Gasteiger charge is 2.26. The summed E-state index contributed by atoms with van der Waals surface area (Å²) in [6, 6.07) is 2.01. The van der Waals surface area contributed by atoms with Gasteiger partial charge in [-0.2, -0.15) is 0 Å². The molecule has 1 aromatic rings. The van der Waals surface area contributed by atoms with Gasteiger partial charge in [0.05, 0.1) is 8.45 Å². The molecule has 0 bridgehead atoms. The van der Waals surface area contributed by atoms with Crippen LogP contribution in [-0.2, 0) is 0 Å². The van der Waals surface area contributed by atoms with Gasteiger partial charge in [-0.1, -0.05) is 20.8 Å². The molecule has 1 unspecified atom stereocenters. The van der Waals surface area contributed by atoms with Gasteiger partial charge < -0.3 is 5.32 Å². The summed E-state index contributed by atoms with van der Waals surface area (Å²) in [6.07, 6.45) is 0.790. The zero-order valence-electron chi connectivity index (χ0n) is 10.2. The lowest BCUT2D eigenvalue weighted by Crippen LogP contribution is -2.43. The molecule has 1 aromatic heterocycles. The minimum absolute atomic E-state index is 0.00536. The van der Waals surface area contributed by atoms with Crippen molar-refractivity contribution in [1.82, 2.24) is 5.32 Å². The van der Waals surface area contributed by atoms with Crippen LogP contribution < -0.4 is 5.32 Å². The molecule has 1 heterocycles. The van der Waals surface area contributed by atoms with Gasteiger partial charge in [0.25, 0.3) is 5.91 Å². The topological polar surface area (TPSA) is 29.1 Å². The first-order valence-electron chi connectivity index (χ1n) is 5.45. The second-order valence-electron chi connectivity index (χ2n) is 5.01. The van der Waals surface area contributed by atoms with Crippen LogP contribution in [0.25, 0.3) is 0 Å². The van der Waals surface area contributed by atoms with Crippen LogP contribution in [-0.4, -0.2) is 17.8 Å². The summed E-state index contributed by atoms with van der Waals surface area (Å²) in [5.74, 6) is 0.554. The van der Waals surface area contributed by atoms with Gasteiger partial charge in [0, 0.05) is 17.3 Å². The number of hydrogen-bond acceptors (Lipinski definition) is 2. The average Bonchev–Trinajstić information content (AvgIpc) is 2.62. The quantitative estimate of drug-likeness (QED) is 0.613. The van der Waals surface area contributed by atoms with Crippen molar-refractivity contribution < 1.29 is 4.79 Å². The second kappa shape index (κ2) is 6.38. The molecular weight excluding hydrogens is 369 g/mol. The standard InChI is InChI=1S/C12H17ClINOS/c1-12(2,3)9(4-5-13)15-11(16)8-6-10(14)17-7-8/h6-7,9H,4-5H2,1-3H3,(H,15,16). The van der Waals surface area contributed by atoms with Crippen LogP contribution in [0.2, 0.25) is 0 Å². The van der Waals surface area contributed by atoms with E-state index in [0.29, 0.717) is 5.88 Å². The van der Waals surface area contributed by atoms with Gasteiger partial charge in [-0.15, -0.1) is 22.9 Å². The van der Waals surface area contributed by atoms with Crippen LogP contribution in [0.3, 0.4) is 0 Å². The predicted molar refractivity (Wildman–Crippen MR) is 83.1 cm³/mol. The molecule has 0 aliphatic carbocycles. The minimum atomic E-state index is -0.00536. The highest BCUT2D eigenvalue weighted by Crippen LogP contribution is 2.23. The smallest absolute Gasteiger partial charge is 0.252 e. The first-order valence-corrected chi connectivity index (χ1v) is 7.94. The zero-order chi connectivity index (χ0) is 13.1. The fourth-order valence-electron chi connectivity index (χ4n) is 1.50.